The first kappa shape index (κ1) is 6.53. The quantitative estimate of drug-likeness (QED) is 0.543. The number of halogens is 2. The van der Waals surface area contributed by atoms with Crippen molar-refractivity contribution in [3.63, 3.8) is 0 Å². The Balaban J connectivity index is 2.07. The number of alkyl halides is 2. The Morgan fingerprint density at radius 2 is 1.60 bits per heavy atom. The maximum absolute atomic E-state index is 12.6. The Morgan fingerprint density at radius 3 is 2.10 bits per heavy atom. The summed E-state index contributed by atoms with van der Waals surface area (Å²) in [6.07, 6.45) is 0.231. The van der Waals surface area contributed by atoms with Gasteiger partial charge in [-0.25, -0.2) is 8.78 Å². The molecule has 10 heavy (non-hydrogen) atoms. The lowest BCUT2D eigenvalue weighted by atomic mass is 10.0. The molecular weight excluding hydrogens is 136 g/mol. The summed E-state index contributed by atoms with van der Waals surface area (Å²) in [6.45, 7) is 1.61. The summed E-state index contributed by atoms with van der Waals surface area (Å²) in [5.74, 6) is -1.83. The summed E-state index contributed by atoms with van der Waals surface area (Å²) in [5, 5.41) is 3.13. The molecule has 3 heteroatoms. The Bertz CT molecular complexity index is 133. The molecule has 1 heterocycles. The van der Waals surface area contributed by atoms with E-state index >= 15 is 0 Å². The van der Waals surface area contributed by atoms with Crippen LogP contribution in [0.1, 0.15) is 12.8 Å². The summed E-state index contributed by atoms with van der Waals surface area (Å²) < 4.78 is 25.3. The second kappa shape index (κ2) is 1.91. The predicted octanol–water partition coefficient (Wildman–Crippen LogP) is 1.25. The fourth-order valence-electron chi connectivity index (χ4n) is 2.12. The van der Waals surface area contributed by atoms with Crippen molar-refractivity contribution in [2.75, 3.05) is 13.1 Å². The van der Waals surface area contributed by atoms with Gasteiger partial charge < -0.3 is 5.32 Å². The molecule has 1 N–H and O–H groups in total. The predicted molar refractivity (Wildman–Crippen MR) is 34.0 cm³/mol. The molecule has 2 rings (SSSR count). The van der Waals surface area contributed by atoms with Gasteiger partial charge in [0.25, 0.3) is 0 Å². The average Bonchev–Trinajstić information content (AvgIpc) is 2.20. The zero-order valence-electron chi connectivity index (χ0n) is 5.74. The third-order valence-corrected chi connectivity index (χ3v) is 2.60. The summed E-state index contributed by atoms with van der Waals surface area (Å²) in [4.78, 5) is 0. The molecular formula is C7H11F2N. The van der Waals surface area contributed by atoms with Crippen molar-refractivity contribution >= 4 is 0 Å². The van der Waals surface area contributed by atoms with Crippen molar-refractivity contribution in [1.29, 1.82) is 0 Å². The summed E-state index contributed by atoms with van der Waals surface area (Å²) in [5.41, 5.74) is 0. The Hall–Kier alpha value is -0.180. The van der Waals surface area contributed by atoms with Crippen molar-refractivity contribution in [2.24, 2.45) is 11.8 Å². The average molecular weight is 147 g/mol. The van der Waals surface area contributed by atoms with Gasteiger partial charge in [-0.2, -0.15) is 0 Å². The van der Waals surface area contributed by atoms with Crippen molar-refractivity contribution < 1.29 is 8.78 Å². The molecule has 0 aromatic heterocycles. The van der Waals surface area contributed by atoms with Crippen LogP contribution in [0.5, 0.6) is 0 Å². The van der Waals surface area contributed by atoms with E-state index in [9.17, 15) is 8.78 Å². The molecule has 1 saturated carbocycles. The molecule has 0 amide bonds. The minimum absolute atomic E-state index is 0.116. The molecule has 0 aromatic rings. The lowest BCUT2D eigenvalue weighted by Crippen LogP contribution is -2.17. The number of nitrogens with one attached hydrogen (secondary N) is 1. The van der Waals surface area contributed by atoms with Gasteiger partial charge in [-0.15, -0.1) is 0 Å². The van der Waals surface area contributed by atoms with E-state index in [1.54, 1.807) is 0 Å². The first-order valence-electron chi connectivity index (χ1n) is 3.76. The molecule has 0 radical (unpaired) electrons. The van der Waals surface area contributed by atoms with Crippen molar-refractivity contribution in [3.05, 3.63) is 0 Å². The molecule has 0 unspecified atom stereocenters. The molecule has 2 aliphatic rings. The van der Waals surface area contributed by atoms with Crippen LogP contribution >= 0.6 is 0 Å². The van der Waals surface area contributed by atoms with Crippen LogP contribution in [0, 0.1) is 11.8 Å². The minimum atomic E-state index is -2.35. The Kier molecular flexibility index (Phi) is 1.24. The maximum atomic E-state index is 12.6. The lowest BCUT2D eigenvalue weighted by Gasteiger charge is -2.08. The van der Waals surface area contributed by atoms with Gasteiger partial charge >= 0.3 is 0 Å². The Labute approximate surface area is 58.8 Å². The fourth-order valence-corrected chi connectivity index (χ4v) is 2.12. The topological polar surface area (TPSA) is 12.0 Å². The number of rotatable bonds is 0. The highest BCUT2D eigenvalue weighted by Crippen LogP contribution is 2.44. The van der Waals surface area contributed by atoms with E-state index in [2.05, 4.69) is 5.32 Å². The van der Waals surface area contributed by atoms with Crippen LogP contribution in [-0.2, 0) is 0 Å². The second-order valence-electron chi connectivity index (χ2n) is 3.44. The highest BCUT2D eigenvalue weighted by atomic mass is 19.3. The van der Waals surface area contributed by atoms with Gasteiger partial charge in [-0.3, -0.25) is 0 Å². The zero-order valence-corrected chi connectivity index (χ0v) is 5.74. The molecule has 0 aromatic carbocycles. The van der Waals surface area contributed by atoms with Gasteiger partial charge in [0.1, 0.15) is 0 Å². The molecule has 2 atom stereocenters. The Morgan fingerprint density at radius 1 is 1.10 bits per heavy atom. The minimum Gasteiger partial charge on any atom is -0.316 e. The van der Waals surface area contributed by atoms with Gasteiger partial charge in [0.05, 0.1) is 0 Å². The van der Waals surface area contributed by atoms with E-state index in [0.29, 0.717) is 0 Å². The SMILES string of the molecule is FC1(F)C[C@H]2CNC[C@@H]2C1. The molecule has 1 aliphatic carbocycles. The van der Waals surface area contributed by atoms with Crippen LogP contribution in [0.2, 0.25) is 0 Å². The molecule has 1 aliphatic heterocycles. The van der Waals surface area contributed by atoms with Crippen molar-refractivity contribution in [3.8, 4) is 0 Å². The zero-order chi connectivity index (χ0) is 7.19. The smallest absolute Gasteiger partial charge is 0.248 e. The number of fused-ring (bicyclic) bond motifs is 1. The first-order valence-corrected chi connectivity index (χ1v) is 3.76. The van der Waals surface area contributed by atoms with E-state index in [1.807, 2.05) is 0 Å². The van der Waals surface area contributed by atoms with Crippen LogP contribution < -0.4 is 5.32 Å². The highest BCUT2D eigenvalue weighted by Gasteiger charge is 2.47. The van der Waals surface area contributed by atoms with Crippen LogP contribution in [0.25, 0.3) is 0 Å². The number of hydrogen-bond acceptors (Lipinski definition) is 1. The molecule has 0 spiro atoms. The summed E-state index contributed by atoms with van der Waals surface area (Å²) in [7, 11) is 0. The van der Waals surface area contributed by atoms with Gasteiger partial charge in [0.15, 0.2) is 0 Å². The van der Waals surface area contributed by atoms with E-state index in [0.717, 1.165) is 13.1 Å². The summed E-state index contributed by atoms with van der Waals surface area (Å²) >= 11 is 0. The molecule has 2 fully saturated rings. The standard InChI is InChI=1S/C7H11F2N/c8-7(9)1-5-3-10-4-6(5)2-7/h5-6,10H,1-4H2/t5-,6-/m0/s1. The van der Waals surface area contributed by atoms with Crippen LogP contribution in [0.4, 0.5) is 8.78 Å². The van der Waals surface area contributed by atoms with Crippen LogP contribution in [0.15, 0.2) is 0 Å². The maximum Gasteiger partial charge on any atom is 0.248 e. The first-order chi connectivity index (χ1) is 4.67. The lowest BCUT2D eigenvalue weighted by molar-refractivity contribution is 0.00112. The van der Waals surface area contributed by atoms with Gasteiger partial charge in [-0.1, -0.05) is 0 Å². The van der Waals surface area contributed by atoms with Crippen LogP contribution in [-0.4, -0.2) is 19.0 Å². The van der Waals surface area contributed by atoms with E-state index in [1.165, 1.54) is 0 Å². The van der Waals surface area contributed by atoms with Crippen LogP contribution in [0.3, 0.4) is 0 Å². The van der Waals surface area contributed by atoms with Crippen molar-refractivity contribution in [2.45, 2.75) is 18.8 Å². The second-order valence-corrected chi connectivity index (χ2v) is 3.44. The molecule has 1 saturated heterocycles. The van der Waals surface area contributed by atoms with Crippen molar-refractivity contribution in [1.82, 2.24) is 5.32 Å². The number of hydrogen-bond donors (Lipinski definition) is 1. The third-order valence-electron chi connectivity index (χ3n) is 2.60. The highest BCUT2D eigenvalue weighted by molar-refractivity contribution is 4.94. The third kappa shape index (κ3) is 0.926. The molecule has 1 nitrogen and oxygen atoms in total. The normalized spacial score (nSPS) is 43.8. The fraction of sp³-hybridized carbons (Fsp3) is 1.00. The largest absolute Gasteiger partial charge is 0.316 e. The van der Waals surface area contributed by atoms with Gasteiger partial charge in [0, 0.05) is 12.8 Å². The van der Waals surface area contributed by atoms with Gasteiger partial charge in [0.2, 0.25) is 5.92 Å². The van der Waals surface area contributed by atoms with E-state index in [4.69, 9.17) is 0 Å². The summed E-state index contributed by atoms with van der Waals surface area (Å²) in [6, 6.07) is 0. The van der Waals surface area contributed by atoms with E-state index in [-0.39, 0.29) is 24.7 Å². The monoisotopic (exact) mass is 147 g/mol. The molecule has 58 valence electrons. The van der Waals surface area contributed by atoms with E-state index < -0.39 is 5.92 Å². The molecule has 0 bridgehead atoms. The van der Waals surface area contributed by atoms with Gasteiger partial charge in [-0.05, 0) is 24.9 Å².